The third kappa shape index (κ3) is 2.98. The van der Waals surface area contributed by atoms with Gasteiger partial charge in [-0.2, -0.15) is 0 Å². The Morgan fingerprint density at radius 3 is 2.40 bits per heavy atom. The van der Waals surface area contributed by atoms with Crippen LogP contribution in [0.4, 0.5) is 5.82 Å². The van der Waals surface area contributed by atoms with Crippen molar-refractivity contribution in [1.29, 1.82) is 0 Å². The van der Waals surface area contributed by atoms with E-state index >= 15 is 0 Å². The van der Waals surface area contributed by atoms with E-state index in [1.807, 2.05) is 0 Å². The molecule has 3 N–H and O–H groups in total. The number of nitrogens with zero attached hydrogens (tertiary/aromatic N) is 1. The lowest BCUT2D eigenvalue weighted by molar-refractivity contribution is -0.136. The minimum atomic E-state index is -1.01. The molecule has 0 spiro atoms. The average Bonchev–Trinajstić information content (AvgIpc) is 2.37. The summed E-state index contributed by atoms with van der Waals surface area (Å²) in [6.07, 6.45) is -0.267. The van der Waals surface area contributed by atoms with Crippen molar-refractivity contribution in [1.82, 2.24) is 4.98 Å². The molecule has 0 aliphatic carbocycles. The standard InChI is InChI=1S/C13H9Cl3N2O2/c14-8-3-1-7(12(15)13(8)16)6-2-4-10(17)18-9(6)5-11(19)20/h1-4H,5H2,(H2,17,18)(H,19,20). The zero-order chi connectivity index (χ0) is 14.9. The first kappa shape index (κ1) is 14.9. The maximum absolute atomic E-state index is 10.9. The van der Waals surface area contributed by atoms with Crippen LogP contribution >= 0.6 is 34.8 Å². The first-order chi connectivity index (χ1) is 9.40. The van der Waals surface area contributed by atoms with Crippen LogP contribution in [0.3, 0.4) is 0 Å². The monoisotopic (exact) mass is 330 g/mol. The van der Waals surface area contributed by atoms with E-state index in [9.17, 15) is 4.79 Å². The van der Waals surface area contributed by atoms with Gasteiger partial charge in [-0.05, 0) is 18.2 Å². The molecule has 20 heavy (non-hydrogen) atoms. The SMILES string of the molecule is Nc1ccc(-c2ccc(Cl)c(Cl)c2Cl)c(CC(=O)O)n1. The number of hydrogen-bond donors (Lipinski definition) is 2. The molecule has 1 heterocycles. The first-order valence-electron chi connectivity index (χ1n) is 5.51. The Morgan fingerprint density at radius 2 is 1.75 bits per heavy atom. The van der Waals surface area contributed by atoms with E-state index in [1.54, 1.807) is 24.3 Å². The molecule has 2 rings (SSSR count). The van der Waals surface area contributed by atoms with E-state index in [-0.39, 0.29) is 22.3 Å². The molecule has 4 nitrogen and oxygen atoms in total. The van der Waals surface area contributed by atoms with Gasteiger partial charge in [0.15, 0.2) is 0 Å². The van der Waals surface area contributed by atoms with Gasteiger partial charge < -0.3 is 10.8 Å². The normalized spacial score (nSPS) is 10.6. The highest BCUT2D eigenvalue weighted by atomic mass is 35.5. The zero-order valence-corrected chi connectivity index (χ0v) is 12.3. The van der Waals surface area contributed by atoms with Crippen LogP contribution in [-0.2, 0) is 11.2 Å². The van der Waals surface area contributed by atoms with Crippen LogP contribution in [0, 0.1) is 0 Å². The van der Waals surface area contributed by atoms with Crippen LogP contribution in [0.5, 0.6) is 0 Å². The second-order valence-electron chi connectivity index (χ2n) is 4.02. The molecule has 104 valence electrons. The van der Waals surface area contributed by atoms with Gasteiger partial charge in [-0.3, -0.25) is 4.79 Å². The lowest BCUT2D eigenvalue weighted by Gasteiger charge is -2.11. The van der Waals surface area contributed by atoms with Gasteiger partial charge in [0.2, 0.25) is 0 Å². The molecule has 0 saturated heterocycles. The smallest absolute Gasteiger partial charge is 0.309 e. The lowest BCUT2D eigenvalue weighted by atomic mass is 10.0. The molecule has 0 radical (unpaired) electrons. The van der Waals surface area contributed by atoms with Gasteiger partial charge in [0.05, 0.1) is 27.2 Å². The molecule has 0 amide bonds. The number of aromatic nitrogens is 1. The van der Waals surface area contributed by atoms with Crippen LogP contribution in [-0.4, -0.2) is 16.1 Å². The summed E-state index contributed by atoms with van der Waals surface area (Å²) >= 11 is 18.0. The van der Waals surface area contributed by atoms with Crippen molar-refractivity contribution in [2.45, 2.75) is 6.42 Å². The Balaban J connectivity index is 2.63. The molecule has 0 fully saturated rings. The summed E-state index contributed by atoms with van der Waals surface area (Å²) in [6, 6.07) is 6.48. The van der Waals surface area contributed by atoms with E-state index in [1.165, 1.54) is 0 Å². The van der Waals surface area contributed by atoms with Gasteiger partial charge in [-0.1, -0.05) is 40.9 Å². The number of benzene rings is 1. The summed E-state index contributed by atoms with van der Waals surface area (Å²) < 4.78 is 0. The molecule has 0 saturated carbocycles. The topological polar surface area (TPSA) is 76.2 Å². The molecule has 1 aromatic heterocycles. The number of anilines is 1. The van der Waals surface area contributed by atoms with E-state index in [0.717, 1.165) is 0 Å². The number of rotatable bonds is 3. The maximum atomic E-state index is 10.9. The minimum Gasteiger partial charge on any atom is -0.481 e. The summed E-state index contributed by atoms with van der Waals surface area (Å²) in [5.41, 5.74) is 7.03. The van der Waals surface area contributed by atoms with Gasteiger partial charge in [0.1, 0.15) is 5.82 Å². The van der Waals surface area contributed by atoms with Crippen molar-refractivity contribution in [2.75, 3.05) is 5.73 Å². The molecule has 0 bridgehead atoms. The number of nitrogens with two attached hydrogens (primary N) is 1. The molecule has 1 aromatic carbocycles. The Labute approximate surface area is 130 Å². The Morgan fingerprint density at radius 1 is 1.10 bits per heavy atom. The first-order valence-corrected chi connectivity index (χ1v) is 6.64. The summed E-state index contributed by atoms with van der Waals surface area (Å²) in [6.45, 7) is 0. The summed E-state index contributed by atoms with van der Waals surface area (Å²) in [4.78, 5) is 15.0. The zero-order valence-electron chi connectivity index (χ0n) is 10.0. The molecule has 7 heteroatoms. The third-order valence-corrected chi connectivity index (χ3v) is 3.93. The largest absolute Gasteiger partial charge is 0.481 e. The van der Waals surface area contributed by atoms with Crippen molar-refractivity contribution in [2.24, 2.45) is 0 Å². The molecular weight excluding hydrogens is 323 g/mol. The van der Waals surface area contributed by atoms with Gasteiger partial charge in [-0.25, -0.2) is 4.98 Å². The number of hydrogen-bond acceptors (Lipinski definition) is 3. The summed E-state index contributed by atoms with van der Waals surface area (Å²) in [7, 11) is 0. The van der Waals surface area contributed by atoms with Crippen LogP contribution < -0.4 is 5.73 Å². The number of aliphatic carboxylic acids is 1. The van der Waals surface area contributed by atoms with E-state index < -0.39 is 5.97 Å². The van der Waals surface area contributed by atoms with Crippen LogP contribution in [0.15, 0.2) is 24.3 Å². The van der Waals surface area contributed by atoms with E-state index in [4.69, 9.17) is 45.6 Å². The van der Waals surface area contributed by atoms with Crippen molar-refractivity contribution in [3.8, 4) is 11.1 Å². The second kappa shape index (κ2) is 5.87. The van der Waals surface area contributed by atoms with Crippen molar-refractivity contribution in [3.05, 3.63) is 45.0 Å². The minimum absolute atomic E-state index is 0.212. The highest BCUT2D eigenvalue weighted by Crippen LogP contribution is 2.39. The molecule has 2 aromatic rings. The Bertz CT molecular complexity index is 690. The third-order valence-electron chi connectivity index (χ3n) is 2.64. The predicted molar refractivity (Wildman–Crippen MR) is 80.5 cm³/mol. The number of pyridine rings is 1. The molecular formula is C13H9Cl3N2O2. The quantitative estimate of drug-likeness (QED) is 0.836. The van der Waals surface area contributed by atoms with Crippen LogP contribution in [0.25, 0.3) is 11.1 Å². The van der Waals surface area contributed by atoms with E-state index in [2.05, 4.69) is 4.98 Å². The summed E-state index contributed by atoms with van der Waals surface area (Å²) in [5, 5.41) is 9.72. The van der Waals surface area contributed by atoms with Crippen molar-refractivity contribution < 1.29 is 9.90 Å². The van der Waals surface area contributed by atoms with Gasteiger partial charge >= 0.3 is 5.97 Å². The van der Waals surface area contributed by atoms with Gasteiger partial charge in [-0.15, -0.1) is 0 Å². The molecule has 0 atom stereocenters. The van der Waals surface area contributed by atoms with E-state index in [0.29, 0.717) is 21.8 Å². The summed E-state index contributed by atoms with van der Waals surface area (Å²) in [5.74, 6) is -0.776. The van der Waals surface area contributed by atoms with Crippen molar-refractivity contribution >= 4 is 46.6 Å². The Kier molecular flexibility index (Phi) is 4.38. The van der Waals surface area contributed by atoms with Gasteiger partial charge in [0, 0.05) is 11.1 Å². The highest BCUT2D eigenvalue weighted by molar-refractivity contribution is 6.49. The number of halogens is 3. The van der Waals surface area contributed by atoms with Crippen molar-refractivity contribution in [3.63, 3.8) is 0 Å². The molecule has 0 aliphatic heterocycles. The van der Waals surface area contributed by atoms with Crippen LogP contribution in [0.2, 0.25) is 15.1 Å². The number of nitrogen functional groups attached to an aromatic ring is 1. The fraction of sp³-hybridized carbons (Fsp3) is 0.0769. The highest BCUT2D eigenvalue weighted by Gasteiger charge is 2.16. The molecule has 0 unspecified atom stereocenters. The number of carboxylic acids is 1. The van der Waals surface area contributed by atoms with Crippen LogP contribution in [0.1, 0.15) is 5.69 Å². The predicted octanol–water partition coefficient (Wildman–Crippen LogP) is 3.92. The average molecular weight is 332 g/mol. The second-order valence-corrected chi connectivity index (χ2v) is 5.19. The van der Waals surface area contributed by atoms with Gasteiger partial charge in [0.25, 0.3) is 0 Å². The number of carboxylic acid groups (broad SMARTS) is 1. The maximum Gasteiger partial charge on any atom is 0.309 e. The fourth-order valence-corrected chi connectivity index (χ4v) is 2.41. The Hall–Kier alpha value is -1.49. The lowest BCUT2D eigenvalue weighted by Crippen LogP contribution is -2.06. The number of carbonyl (C=O) groups is 1. The fourth-order valence-electron chi connectivity index (χ4n) is 1.78. The molecule has 0 aliphatic rings.